The fourth-order valence-electron chi connectivity index (χ4n) is 3.38. The van der Waals surface area contributed by atoms with Crippen LogP contribution in [-0.4, -0.2) is 48.0 Å². The Bertz CT molecular complexity index is 1130. The van der Waals surface area contributed by atoms with E-state index in [1.165, 1.54) is 11.8 Å². The number of carbonyl (C=O) groups excluding carboxylic acids is 1. The van der Waals surface area contributed by atoms with Gasteiger partial charge in [0.25, 0.3) is 0 Å². The van der Waals surface area contributed by atoms with Gasteiger partial charge in [0.15, 0.2) is 5.03 Å². The monoisotopic (exact) mass is 441 g/mol. The van der Waals surface area contributed by atoms with Crippen LogP contribution in [-0.2, 0) is 14.6 Å². The minimum atomic E-state index is -3.80. The summed E-state index contributed by atoms with van der Waals surface area (Å²) in [6.45, 7) is 3.44. The number of amides is 1. The zero-order valence-electron chi connectivity index (χ0n) is 16.7. The van der Waals surface area contributed by atoms with Crippen molar-refractivity contribution in [1.29, 1.82) is 0 Å². The number of aromatic amines is 1. The van der Waals surface area contributed by atoms with Gasteiger partial charge in [-0.15, -0.1) is 0 Å². The molecule has 0 unspecified atom stereocenters. The van der Waals surface area contributed by atoms with Crippen LogP contribution in [0.1, 0.15) is 18.4 Å². The summed E-state index contributed by atoms with van der Waals surface area (Å²) in [6, 6.07) is 16.1. The third-order valence-corrected chi connectivity index (χ3v) is 7.89. The Morgan fingerprint density at radius 3 is 2.40 bits per heavy atom. The lowest BCUT2D eigenvalue weighted by atomic mass is 10.2. The molecular weight excluding hydrogens is 418 g/mol. The maximum atomic E-state index is 13.3. The molecule has 30 heavy (non-hydrogen) atoms. The molecule has 1 aliphatic rings. The third kappa shape index (κ3) is 4.29. The van der Waals surface area contributed by atoms with Crippen molar-refractivity contribution in [2.24, 2.45) is 0 Å². The van der Waals surface area contributed by atoms with Crippen molar-refractivity contribution < 1.29 is 13.2 Å². The summed E-state index contributed by atoms with van der Waals surface area (Å²) in [5, 5.41) is 0.353. The molecule has 8 heteroatoms. The summed E-state index contributed by atoms with van der Waals surface area (Å²) in [7, 11) is -3.80. The summed E-state index contributed by atoms with van der Waals surface area (Å²) in [5.74, 6) is 0.646. The van der Waals surface area contributed by atoms with Crippen LogP contribution in [0.2, 0.25) is 0 Å². The van der Waals surface area contributed by atoms with Gasteiger partial charge in [0.1, 0.15) is 10.9 Å². The number of hydrogen-bond donors (Lipinski definition) is 1. The van der Waals surface area contributed by atoms with Crippen LogP contribution >= 0.6 is 11.8 Å². The van der Waals surface area contributed by atoms with Crippen LogP contribution in [0.15, 0.2) is 69.5 Å². The second kappa shape index (κ2) is 8.65. The summed E-state index contributed by atoms with van der Waals surface area (Å²) in [5.41, 5.74) is 1.77. The number of H-pyrrole nitrogens is 1. The zero-order chi connectivity index (χ0) is 21.1. The van der Waals surface area contributed by atoms with E-state index in [0.29, 0.717) is 10.9 Å². The number of carbonyl (C=O) groups is 1. The molecule has 1 amide bonds. The van der Waals surface area contributed by atoms with Crippen molar-refractivity contribution in [1.82, 2.24) is 14.9 Å². The highest BCUT2D eigenvalue weighted by Crippen LogP contribution is 2.32. The summed E-state index contributed by atoms with van der Waals surface area (Å²) < 4.78 is 26.7. The Morgan fingerprint density at radius 2 is 1.73 bits per heavy atom. The third-order valence-electron chi connectivity index (χ3n) is 5.08. The molecule has 0 spiro atoms. The van der Waals surface area contributed by atoms with Crippen molar-refractivity contribution in [2.75, 3.05) is 18.8 Å². The molecule has 4 rings (SSSR count). The van der Waals surface area contributed by atoms with E-state index in [9.17, 15) is 13.2 Å². The van der Waals surface area contributed by atoms with E-state index >= 15 is 0 Å². The van der Waals surface area contributed by atoms with Gasteiger partial charge in [-0.3, -0.25) is 4.79 Å². The smallest absolute Gasteiger partial charge is 0.232 e. The molecule has 0 atom stereocenters. The Balaban J connectivity index is 1.69. The number of hydrogen-bond acceptors (Lipinski definition) is 5. The van der Waals surface area contributed by atoms with E-state index in [0.717, 1.165) is 37.1 Å². The van der Waals surface area contributed by atoms with E-state index in [-0.39, 0.29) is 21.6 Å². The average molecular weight is 442 g/mol. The molecule has 1 N–H and O–H groups in total. The summed E-state index contributed by atoms with van der Waals surface area (Å²) >= 11 is 1.17. The largest absolute Gasteiger partial charge is 0.342 e. The van der Waals surface area contributed by atoms with Gasteiger partial charge < -0.3 is 9.88 Å². The molecule has 156 valence electrons. The van der Waals surface area contributed by atoms with Crippen LogP contribution in [0.4, 0.5) is 0 Å². The van der Waals surface area contributed by atoms with Crippen molar-refractivity contribution in [3.63, 3.8) is 0 Å². The zero-order valence-corrected chi connectivity index (χ0v) is 18.3. The fraction of sp³-hybridized carbons (Fsp3) is 0.273. The number of aryl methyl sites for hydroxylation is 1. The van der Waals surface area contributed by atoms with Crippen LogP contribution in [0, 0.1) is 6.92 Å². The molecule has 3 aromatic rings. The first-order chi connectivity index (χ1) is 14.4. The number of nitrogens with one attached hydrogen (secondary N) is 1. The predicted molar refractivity (Wildman–Crippen MR) is 117 cm³/mol. The number of aromatic nitrogens is 2. The van der Waals surface area contributed by atoms with Crippen LogP contribution in [0.25, 0.3) is 11.4 Å². The number of benzene rings is 2. The lowest BCUT2D eigenvalue weighted by Crippen LogP contribution is -2.29. The fourth-order valence-corrected chi connectivity index (χ4v) is 5.90. The van der Waals surface area contributed by atoms with E-state index in [1.54, 1.807) is 24.3 Å². The minimum absolute atomic E-state index is 0.0143. The molecule has 1 aliphatic heterocycles. The summed E-state index contributed by atoms with van der Waals surface area (Å²) in [6.07, 6.45) is 2.04. The first-order valence-electron chi connectivity index (χ1n) is 9.83. The van der Waals surface area contributed by atoms with Gasteiger partial charge in [0.2, 0.25) is 15.7 Å². The average Bonchev–Trinajstić information content (AvgIpc) is 3.44. The lowest BCUT2D eigenvalue weighted by Gasteiger charge is -2.14. The highest BCUT2D eigenvalue weighted by atomic mass is 32.2. The second-order valence-electron chi connectivity index (χ2n) is 7.28. The Kier molecular flexibility index (Phi) is 5.97. The molecule has 2 heterocycles. The SMILES string of the molecule is Cc1ccc(S(=O)(=O)c2[nH]c(-c3ccccc3)nc2SCC(=O)N2CCCC2)cc1. The van der Waals surface area contributed by atoms with E-state index < -0.39 is 9.84 Å². The molecule has 0 saturated carbocycles. The van der Waals surface area contributed by atoms with Crippen molar-refractivity contribution in [2.45, 2.75) is 34.7 Å². The molecule has 6 nitrogen and oxygen atoms in total. The van der Waals surface area contributed by atoms with Gasteiger partial charge in [0, 0.05) is 18.7 Å². The van der Waals surface area contributed by atoms with Gasteiger partial charge in [-0.25, -0.2) is 13.4 Å². The van der Waals surface area contributed by atoms with E-state index in [1.807, 2.05) is 42.2 Å². The van der Waals surface area contributed by atoms with Crippen LogP contribution in [0.5, 0.6) is 0 Å². The molecule has 1 fully saturated rings. The van der Waals surface area contributed by atoms with Gasteiger partial charge in [-0.2, -0.15) is 0 Å². The highest BCUT2D eigenvalue weighted by Gasteiger charge is 2.27. The summed E-state index contributed by atoms with van der Waals surface area (Å²) in [4.78, 5) is 22.1. The number of sulfone groups is 1. The molecule has 1 aromatic heterocycles. The van der Waals surface area contributed by atoms with E-state index in [4.69, 9.17) is 0 Å². The minimum Gasteiger partial charge on any atom is -0.342 e. The number of likely N-dealkylation sites (tertiary alicyclic amines) is 1. The van der Waals surface area contributed by atoms with Crippen molar-refractivity contribution in [3.05, 3.63) is 60.2 Å². The second-order valence-corrected chi connectivity index (χ2v) is 10.1. The standard InChI is InChI=1S/C22H23N3O3S2/c1-16-9-11-18(12-10-16)30(27,28)22-21(29-15-19(26)25-13-5-6-14-25)23-20(24-22)17-7-3-2-4-8-17/h2-4,7-12H,5-6,13-15H2,1H3,(H,23,24). The first-order valence-corrected chi connectivity index (χ1v) is 12.3. The first kappa shape index (κ1) is 20.7. The number of rotatable bonds is 6. The molecular formula is C22H23N3O3S2. The van der Waals surface area contributed by atoms with Gasteiger partial charge in [0.05, 0.1) is 10.6 Å². The van der Waals surface area contributed by atoms with E-state index in [2.05, 4.69) is 9.97 Å². The number of thioether (sulfide) groups is 1. The number of imidazole rings is 1. The maximum Gasteiger partial charge on any atom is 0.232 e. The van der Waals surface area contributed by atoms with Crippen molar-refractivity contribution in [3.8, 4) is 11.4 Å². The van der Waals surface area contributed by atoms with Gasteiger partial charge >= 0.3 is 0 Å². The highest BCUT2D eigenvalue weighted by molar-refractivity contribution is 8.00. The van der Waals surface area contributed by atoms with Crippen LogP contribution < -0.4 is 0 Å². The topological polar surface area (TPSA) is 83.1 Å². The molecule has 2 aromatic carbocycles. The van der Waals surface area contributed by atoms with Crippen LogP contribution in [0.3, 0.4) is 0 Å². The molecule has 0 radical (unpaired) electrons. The predicted octanol–water partition coefficient (Wildman–Crippen LogP) is 3.93. The molecule has 0 bridgehead atoms. The Hall–Kier alpha value is -2.58. The maximum absolute atomic E-state index is 13.3. The van der Waals surface area contributed by atoms with Gasteiger partial charge in [-0.1, -0.05) is 59.8 Å². The molecule has 0 aliphatic carbocycles. The molecule has 1 saturated heterocycles. The Morgan fingerprint density at radius 1 is 1.07 bits per heavy atom. The number of nitrogens with zero attached hydrogens (tertiary/aromatic N) is 2. The van der Waals surface area contributed by atoms with Crippen molar-refractivity contribution >= 4 is 27.5 Å². The lowest BCUT2D eigenvalue weighted by molar-refractivity contribution is -0.127. The van der Waals surface area contributed by atoms with Gasteiger partial charge in [-0.05, 0) is 31.9 Å². The quantitative estimate of drug-likeness (QED) is 0.586. The normalized spacial score (nSPS) is 14.2. The Labute approximate surface area is 180 Å².